The smallest absolute Gasteiger partial charge is 0.105 e. The van der Waals surface area contributed by atoms with Crippen molar-refractivity contribution in [2.75, 3.05) is 11.1 Å². The molecule has 1 unspecified atom stereocenters. The zero-order valence-electron chi connectivity index (χ0n) is 9.31. The lowest BCUT2D eigenvalue weighted by Crippen LogP contribution is -2.17. The second kappa shape index (κ2) is 4.75. The van der Waals surface area contributed by atoms with Crippen molar-refractivity contribution in [2.45, 2.75) is 19.4 Å². The molecule has 0 aliphatic rings. The number of nitrogen functional groups attached to an aromatic ring is 1. The maximum atomic E-state index is 5.71. The van der Waals surface area contributed by atoms with E-state index in [0.29, 0.717) is 6.04 Å². The Bertz CT molecular complexity index is 437. The third kappa shape index (κ3) is 2.79. The van der Waals surface area contributed by atoms with Crippen LogP contribution in [0.15, 0.2) is 47.1 Å². The fourth-order valence-corrected chi connectivity index (χ4v) is 1.69. The lowest BCUT2D eigenvalue weighted by Gasteiger charge is -2.14. The fourth-order valence-electron chi connectivity index (χ4n) is 1.69. The van der Waals surface area contributed by atoms with E-state index in [4.69, 9.17) is 10.2 Å². The van der Waals surface area contributed by atoms with Gasteiger partial charge in [0, 0.05) is 23.8 Å². The van der Waals surface area contributed by atoms with Crippen LogP contribution in [0, 0.1) is 0 Å². The quantitative estimate of drug-likeness (QED) is 0.772. The van der Waals surface area contributed by atoms with E-state index in [1.807, 2.05) is 36.4 Å². The molecule has 0 aliphatic heterocycles. The Morgan fingerprint density at radius 1 is 1.31 bits per heavy atom. The van der Waals surface area contributed by atoms with Gasteiger partial charge in [0.05, 0.1) is 6.26 Å². The maximum absolute atomic E-state index is 5.71. The highest BCUT2D eigenvalue weighted by Crippen LogP contribution is 2.14. The molecule has 3 heteroatoms. The average Bonchev–Trinajstić information content (AvgIpc) is 2.70. The molecule has 0 radical (unpaired) electrons. The molecule has 16 heavy (non-hydrogen) atoms. The summed E-state index contributed by atoms with van der Waals surface area (Å²) in [5.41, 5.74) is 7.53. The van der Waals surface area contributed by atoms with E-state index in [2.05, 4.69) is 12.2 Å². The summed E-state index contributed by atoms with van der Waals surface area (Å²) in [6, 6.07) is 12.0. The van der Waals surface area contributed by atoms with Gasteiger partial charge in [0.15, 0.2) is 0 Å². The SMILES string of the molecule is CC(Cc1ccco1)Nc1cccc(N)c1. The van der Waals surface area contributed by atoms with E-state index in [1.54, 1.807) is 6.26 Å². The number of hydrogen-bond donors (Lipinski definition) is 2. The molecule has 0 amide bonds. The van der Waals surface area contributed by atoms with Gasteiger partial charge in [0.1, 0.15) is 5.76 Å². The second-order valence-electron chi connectivity index (χ2n) is 3.95. The third-order valence-electron chi connectivity index (χ3n) is 2.39. The molecule has 84 valence electrons. The fraction of sp³-hybridized carbons (Fsp3) is 0.231. The molecule has 1 heterocycles. The minimum Gasteiger partial charge on any atom is -0.469 e. The molecule has 2 rings (SSSR count). The molecule has 0 bridgehead atoms. The van der Waals surface area contributed by atoms with Gasteiger partial charge in [-0.25, -0.2) is 0 Å². The molecular formula is C13H16N2O. The first-order valence-electron chi connectivity index (χ1n) is 5.38. The predicted octanol–water partition coefficient (Wildman–Crippen LogP) is 2.90. The molecule has 3 N–H and O–H groups in total. The van der Waals surface area contributed by atoms with Crippen LogP contribution < -0.4 is 11.1 Å². The van der Waals surface area contributed by atoms with Gasteiger partial charge in [-0.15, -0.1) is 0 Å². The summed E-state index contributed by atoms with van der Waals surface area (Å²) >= 11 is 0. The largest absolute Gasteiger partial charge is 0.469 e. The van der Waals surface area contributed by atoms with E-state index in [-0.39, 0.29) is 0 Å². The van der Waals surface area contributed by atoms with E-state index >= 15 is 0 Å². The van der Waals surface area contributed by atoms with Gasteiger partial charge in [-0.1, -0.05) is 6.07 Å². The molecule has 0 aliphatic carbocycles. The van der Waals surface area contributed by atoms with Gasteiger partial charge in [-0.05, 0) is 37.3 Å². The van der Waals surface area contributed by atoms with Crippen LogP contribution in [-0.4, -0.2) is 6.04 Å². The average molecular weight is 216 g/mol. The first-order chi connectivity index (χ1) is 7.74. The summed E-state index contributed by atoms with van der Waals surface area (Å²) in [7, 11) is 0. The van der Waals surface area contributed by atoms with Crippen molar-refractivity contribution in [3.63, 3.8) is 0 Å². The molecule has 0 fully saturated rings. The molecule has 0 saturated heterocycles. The van der Waals surface area contributed by atoms with Gasteiger partial charge in [0.2, 0.25) is 0 Å². The van der Waals surface area contributed by atoms with Gasteiger partial charge in [-0.3, -0.25) is 0 Å². The van der Waals surface area contributed by atoms with Gasteiger partial charge >= 0.3 is 0 Å². The molecule has 1 aromatic carbocycles. The lowest BCUT2D eigenvalue weighted by molar-refractivity contribution is 0.498. The normalized spacial score (nSPS) is 12.3. The van der Waals surface area contributed by atoms with Gasteiger partial charge in [-0.2, -0.15) is 0 Å². The third-order valence-corrected chi connectivity index (χ3v) is 2.39. The highest BCUT2D eigenvalue weighted by Gasteiger charge is 2.05. The van der Waals surface area contributed by atoms with Crippen LogP contribution in [0.25, 0.3) is 0 Å². The number of hydrogen-bond acceptors (Lipinski definition) is 3. The molecular weight excluding hydrogens is 200 g/mol. The van der Waals surface area contributed by atoms with Crippen LogP contribution in [0.3, 0.4) is 0 Å². The second-order valence-corrected chi connectivity index (χ2v) is 3.95. The zero-order chi connectivity index (χ0) is 11.4. The monoisotopic (exact) mass is 216 g/mol. The summed E-state index contributed by atoms with van der Waals surface area (Å²) in [6.07, 6.45) is 2.56. The first-order valence-corrected chi connectivity index (χ1v) is 5.38. The van der Waals surface area contributed by atoms with Crippen LogP contribution in [0.4, 0.5) is 11.4 Å². The number of rotatable bonds is 4. The van der Waals surface area contributed by atoms with Crippen molar-refractivity contribution in [1.29, 1.82) is 0 Å². The minimum absolute atomic E-state index is 0.313. The highest BCUT2D eigenvalue weighted by molar-refractivity contribution is 5.54. The Labute approximate surface area is 95.3 Å². The number of anilines is 2. The Hall–Kier alpha value is -1.90. The van der Waals surface area contributed by atoms with Crippen LogP contribution in [0.2, 0.25) is 0 Å². The van der Waals surface area contributed by atoms with Crippen molar-refractivity contribution in [2.24, 2.45) is 0 Å². The van der Waals surface area contributed by atoms with Crippen molar-refractivity contribution >= 4 is 11.4 Å². The number of nitrogens with one attached hydrogen (secondary N) is 1. The summed E-state index contributed by atoms with van der Waals surface area (Å²) < 4.78 is 5.30. The van der Waals surface area contributed by atoms with E-state index < -0.39 is 0 Å². The Kier molecular flexibility index (Phi) is 3.15. The summed E-state index contributed by atoms with van der Waals surface area (Å²) in [6.45, 7) is 2.12. The molecule has 1 atom stereocenters. The Morgan fingerprint density at radius 3 is 2.88 bits per heavy atom. The number of benzene rings is 1. The Balaban J connectivity index is 1.94. The van der Waals surface area contributed by atoms with Gasteiger partial charge < -0.3 is 15.5 Å². The van der Waals surface area contributed by atoms with Gasteiger partial charge in [0.25, 0.3) is 0 Å². The van der Waals surface area contributed by atoms with Crippen molar-refractivity contribution in [3.8, 4) is 0 Å². The van der Waals surface area contributed by atoms with Crippen molar-refractivity contribution < 1.29 is 4.42 Å². The number of nitrogens with two attached hydrogens (primary N) is 1. The summed E-state index contributed by atoms with van der Waals surface area (Å²) in [4.78, 5) is 0. The number of furan rings is 1. The van der Waals surface area contributed by atoms with Crippen molar-refractivity contribution in [1.82, 2.24) is 0 Å². The topological polar surface area (TPSA) is 51.2 Å². The van der Waals surface area contributed by atoms with Crippen LogP contribution in [0.5, 0.6) is 0 Å². The molecule has 2 aromatic rings. The van der Waals surface area contributed by atoms with Crippen LogP contribution >= 0.6 is 0 Å². The molecule has 3 nitrogen and oxygen atoms in total. The van der Waals surface area contributed by atoms with Crippen LogP contribution in [-0.2, 0) is 6.42 Å². The lowest BCUT2D eigenvalue weighted by atomic mass is 10.2. The molecule has 0 spiro atoms. The standard InChI is InChI=1S/C13H16N2O/c1-10(8-13-6-3-7-16-13)15-12-5-2-4-11(14)9-12/h2-7,9-10,15H,8,14H2,1H3. The maximum Gasteiger partial charge on any atom is 0.105 e. The minimum atomic E-state index is 0.313. The summed E-state index contributed by atoms with van der Waals surface area (Å²) in [5.74, 6) is 0.990. The first kappa shape index (κ1) is 10.6. The molecule has 1 aromatic heterocycles. The highest BCUT2D eigenvalue weighted by atomic mass is 16.3. The summed E-state index contributed by atoms with van der Waals surface area (Å²) in [5, 5.41) is 3.38. The van der Waals surface area contributed by atoms with E-state index in [9.17, 15) is 0 Å². The zero-order valence-corrected chi connectivity index (χ0v) is 9.31. The molecule has 0 saturated carbocycles. The van der Waals surface area contributed by atoms with Crippen LogP contribution in [0.1, 0.15) is 12.7 Å². The Morgan fingerprint density at radius 2 is 2.19 bits per heavy atom. The van der Waals surface area contributed by atoms with E-state index in [0.717, 1.165) is 23.6 Å². The van der Waals surface area contributed by atoms with Crippen molar-refractivity contribution in [3.05, 3.63) is 48.4 Å². The predicted molar refractivity (Wildman–Crippen MR) is 66.4 cm³/mol. The van der Waals surface area contributed by atoms with E-state index in [1.165, 1.54) is 0 Å².